The molecule has 0 saturated carbocycles. The van der Waals surface area contributed by atoms with Crippen LogP contribution in [0.5, 0.6) is 0 Å². The lowest BCUT2D eigenvalue weighted by molar-refractivity contribution is -0.268. The van der Waals surface area contributed by atoms with E-state index in [9.17, 15) is 63.7 Å². The lowest BCUT2D eigenvalue weighted by atomic mass is 9.89. The van der Waals surface area contributed by atoms with Crippen molar-refractivity contribution < 1.29 is 92.0 Å². The number of carbonyl (C=O) groups is 7. The summed E-state index contributed by atoms with van der Waals surface area (Å²) in [7, 11) is -2.44. The second kappa shape index (κ2) is 53.6. The molecule has 1 heterocycles. The summed E-state index contributed by atoms with van der Waals surface area (Å²) in [6.07, 6.45) is 17.1. The first-order valence-corrected chi connectivity index (χ1v) is 33.6. The van der Waals surface area contributed by atoms with Crippen molar-refractivity contribution in [2.24, 2.45) is 22.9 Å². The number of carbonyl (C=O) groups excluding carboxylic acids is 6. The lowest BCUT2D eigenvalue weighted by Crippen LogP contribution is -2.66. The molecule has 516 valence electrons. The van der Waals surface area contributed by atoms with Crippen LogP contribution in [0.15, 0.2) is 0 Å². The number of aliphatic carboxylic acids is 1. The predicted molar refractivity (Wildman–Crippen MR) is 335 cm³/mol. The van der Waals surface area contributed by atoms with Gasteiger partial charge in [-0.3, -0.25) is 28.8 Å². The molecule has 1 aliphatic heterocycles. The van der Waals surface area contributed by atoms with Crippen LogP contribution in [0.4, 0.5) is 0 Å². The molecule has 12 atom stereocenters. The Kier molecular flexibility index (Phi) is 52.4. The van der Waals surface area contributed by atoms with E-state index in [-0.39, 0.29) is 26.0 Å². The average Bonchev–Trinajstić information content (AvgIpc) is 2.55. The van der Waals surface area contributed by atoms with Gasteiger partial charge in [0.2, 0.25) is 23.6 Å². The number of carboxylic acids is 1. The normalized spacial score (nSPS) is 18.9. The number of aliphatic hydroxyl groups excluding tert-OH is 4. The number of rotatable bonds is 50. The fourth-order valence-electron chi connectivity index (χ4n) is 9.88. The van der Waals surface area contributed by atoms with Crippen molar-refractivity contribution in [3.05, 3.63) is 0 Å². The minimum atomic E-state index is -2.44. The van der Waals surface area contributed by atoms with E-state index < -0.39 is 149 Å². The Morgan fingerprint density at radius 2 is 1.14 bits per heavy atom. The van der Waals surface area contributed by atoms with Crippen LogP contribution in [0.1, 0.15) is 241 Å². The van der Waals surface area contributed by atoms with Crippen LogP contribution >= 0.6 is 8.25 Å². The molecule has 1 aliphatic rings. The zero-order chi connectivity index (χ0) is 66.9. The Hall–Kier alpha value is -4.05. The van der Waals surface area contributed by atoms with Gasteiger partial charge in [0, 0.05) is 43.8 Å². The van der Waals surface area contributed by atoms with Crippen molar-refractivity contribution >= 4 is 49.8 Å². The lowest BCUT2D eigenvalue weighted by Gasteiger charge is -2.43. The number of hydrogen-bond donors (Lipinski definition) is 12. The minimum absolute atomic E-state index is 0.00392. The SMILES string of the molecule is CCCCCCCCCCCCCCCC(=O)OC([C@H](CO)OC(=O)CCCCCCCCCCCCCCC)[C@@](C)(N)C(=O)N[C@H](CCC(=O)N(CC(C)O[C@H]1[C@H](O)[C@@H](CO)O[C@H](O)[C@@H]1NC(C)=O)[C@@H](C)C(=O)O)C(N)=O.CCN.NCCO[P+](=O)O. The maximum Gasteiger partial charge on any atom is 0.694 e. The summed E-state index contributed by atoms with van der Waals surface area (Å²) in [5, 5.41) is 56.6. The molecule has 0 aromatic rings. The van der Waals surface area contributed by atoms with E-state index >= 15 is 0 Å². The van der Waals surface area contributed by atoms with Crippen LogP contribution in [-0.2, 0) is 61.6 Å². The van der Waals surface area contributed by atoms with Gasteiger partial charge in [-0.2, -0.15) is 0 Å². The van der Waals surface area contributed by atoms with E-state index in [0.717, 1.165) is 76.2 Å². The van der Waals surface area contributed by atoms with Gasteiger partial charge in [0.15, 0.2) is 18.5 Å². The Bertz CT molecular complexity index is 1900. The van der Waals surface area contributed by atoms with Gasteiger partial charge in [-0.25, -0.2) is 4.79 Å². The highest BCUT2D eigenvalue weighted by Gasteiger charge is 2.49. The van der Waals surface area contributed by atoms with E-state index in [1.807, 2.05) is 6.92 Å². The standard InChI is InChI=1S/C57H105N5O16.C2H6NO3P.C2H7N/c1-7-9-11-13-15-17-19-21-23-25-27-29-31-33-47(67)76-45(39-64)52(78-48(68)34-32-30-28-26-24-22-20-18-16-14-12-10-8-2)57(6,59)56(74)61-43(53(58)70)35-36-46(66)62(41(4)54(71)72)37-40(3)75-51-49(60-42(5)65)55(73)77-44(38-63)50(51)69;3-1-2-6-7(4)5;1-2-3/h40-41,43-45,49-52,55,63-64,69,73H,7-39,59H2,1-6H3,(H2,58,70)(H,60,65)(H,61,74)(H,71,72);1-3H2;2-3H2,1H3/p+1/t40?,41-,43+,44+,45-,49+,50+,51+,52?,55-,57+;;/m0../s1. The molecule has 1 saturated heterocycles. The number of primary amides is 1. The minimum Gasteiger partial charge on any atom is -0.480 e. The number of nitrogens with two attached hydrogens (primary N) is 4. The number of ether oxygens (including phenoxy) is 4. The summed E-state index contributed by atoms with van der Waals surface area (Å²) >= 11 is 0. The van der Waals surface area contributed by atoms with Crippen molar-refractivity contribution in [3.63, 3.8) is 0 Å². The number of esters is 2. The number of amides is 4. The zero-order valence-electron chi connectivity index (χ0n) is 54.4. The highest BCUT2D eigenvalue weighted by atomic mass is 31.1. The van der Waals surface area contributed by atoms with E-state index in [1.165, 1.54) is 117 Å². The summed E-state index contributed by atoms with van der Waals surface area (Å²) in [6.45, 7) is 10.5. The molecule has 88 heavy (non-hydrogen) atoms. The monoisotopic (exact) mass is 1280 g/mol. The number of aliphatic hydroxyl groups is 4. The van der Waals surface area contributed by atoms with Gasteiger partial charge < -0.3 is 82.9 Å². The first-order valence-electron chi connectivity index (χ1n) is 32.5. The molecule has 4 amide bonds. The Balaban J connectivity index is 0. The van der Waals surface area contributed by atoms with Gasteiger partial charge in [-0.05, 0) is 46.6 Å². The van der Waals surface area contributed by atoms with E-state index in [4.69, 9.17) is 46.8 Å². The van der Waals surface area contributed by atoms with Crippen molar-refractivity contribution in [1.82, 2.24) is 15.5 Å². The number of nitrogens with zero attached hydrogens (tertiary/aromatic N) is 1. The van der Waals surface area contributed by atoms with E-state index in [2.05, 4.69) is 29.0 Å². The third-order valence-electron chi connectivity index (χ3n) is 15.0. The van der Waals surface area contributed by atoms with E-state index in [0.29, 0.717) is 12.8 Å². The third kappa shape index (κ3) is 40.6. The number of carboxylic acid groups (broad SMARTS) is 1. The van der Waals surface area contributed by atoms with Gasteiger partial charge in [0.05, 0.1) is 19.3 Å². The van der Waals surface area contributed by atoms with Crippen LogP contribution < -0.4 is 33.6 Å². The molecule has 3 unspecified atom stereocenters. The predicted octanol–water partition coefficient (Wildman–Crippen LogP) is 5.46. The Morgan fingerprint density at radius 3 is 1.50 bits per heavy atom. The Labute approximate surface area is 525 Å². The topological polar surface area (TPSA) is 435 Å². The molecule has 27 heteroatoms. The fourth-order valence-corrected chi connectivity index (χ4v) is 10.1. The summed E-state index contributed by atoms with van der Waals surface area (Å²) in [5.41, 5.74) is 19.9. The number of unbranched alkanes of at least 4 members (excludes halogenated alkanes) is 24. The van der Waals surface area contributed by atoms with Crippen molar-refractivity contribution in [2.75, 3.05) is 39.5 Å². The molecule has 0 aliphatic carbocycles. The third-order valence-corrected chi connectivity index (χ3v) is 15.4. The van der Waals surface area contributed by atoms with Crippen molar-refractivity contribution in [2.45, 2.75) is 308 Å². The first-order chi connectivity index (χ1) is 41.8. The molecule has 1 rings (SSSR count). The van der Waals surface area contributed by atoms with Crippen molar-refractivity contribution in [1.29, 1.82) is 0 Å². The molecule has 0 aromatic heterocycles. The summed E-state index contributed by atoms with van der Waals surface area (Å²) in [4.78, 5) is 101. The van der Waals surface area contributed by atoms with Gasteiger partial charge >= 0.3 is 26.2 Å². The number of nitrogens with one attached hydrogen (secondary N) is 2. The smallest absolute Gasteiger partial charge is 0.480 e. The summed E-state index contributed by atoms with van der Waals surface area (Å²) in [5.74, 6) is -6.49. The van der Waals surface area contributed by atoms with Crippen LogP contribution in [0, 0.1) is 0 Å². The van der Waals surface area contributed by atoms with Gasteiger partial charge in [0.1, 0.15) is 48.6 Å². The molecule has 0 radical (unpaired) electrons. The maximum atomic E-state index is 14.2. The maximum absolute atomic E-state index is 14.2. The molecule has 1 fully saturated rings. The molecule has 0 spiro atoms. The van der Waals surface area contributed by atoms with Crippen LogP contribution in [0.2, 0.25) is 0 Å². The molecular weight excluding hydrogens is 1170 g/mol. The second-order valence-corrected chi connectivity index (χ2v) is 23.8. The van der Waals surface area contributed by atoms with Crippen LogP contribution in [0.25, 0.3) is 0 Å². The quantitative estimate of drug-likeness (QED) is 0.0204. The molecule has 26 nitrogen and oxygen atoms in total. The average molecular weight is 1290 g/mol. The van der Waals surface area contributed by atoms with Crippen LogP contribution in [0.3, 0.4) is 0 Å². The molecule has 0 aromatic carbocycles. The summed E-state index contributed by atoms with van der Waals surface area (Å²) < 4.78 is 36.4. The molecule has 16 N–H and O–H groups in total. The first kappa shape index (κ1) is 86.0. The molecule has 0 bridgehead atoms. The van der Waals surface area contributed by atoms with Gasteiger partial charge in [-0.15, -0.1) is 9.42 Å². The zero-order valence-corrected chi connectivity index (χ0v) is 55.3. The van der Waals surface area contributed by atoms with Crippen LogP contribution in [-0.4, -0.2) is 183 Å². The van der Waals surface area contributed by atoms with Crippen molar-refractivity contribution in [3.8, 4) is 0 Å². The molecular formula is C61H119N7O19P+. The van der Waals surface area contributed by atoms with E-state index in [1.54, 1.807) is 0 Å². The fraction of sp³-hybridized carbons (Fsp3) is 0.885. The summed E-state index contributed by atoms with van der Waals surface area (Å²) in [6, 6.07) is -4.39. The number of hydrogen-bond acceptors (Lipinski definition) is 20. The second-order valence-electron chi connectivity index (χ2n) is 23.1. The van der Waals surface area contributed by atoms with Gasteiger partial charge in [-0.1, -0.05) is 175 Å². The Morgan fingerprint density at radius 1 is 0.705 bits per heavy atom. The highest BCUT2D eigenvalue weighted by molar-refractivity contribution is 7.32. The highest BCUT2D eigenvalue weighted by Crippen LogP contribution is 2.26. The van der Waals surface area contributed by atoms with Gasteiger partial charge in [0.25, 0.3) is 0 Å². The largest absolute Gasteiger partial charge is 0.694 e.